The van der Waals surface area contributed by atoms with Gasteiger partial charge in [0.1, 0.15) is 6.04 Å². The first-order chi connectivity index (χ1) is 22.2. The molecule has 3 fully saturated rings. The highest BCUT2D eigenvalue weighted by Crippen LogP contribution is 2.29. The number of nitrogens with two attached hydrogens (primary N) is 1. The Balaban J connectivity index is 1.09. The molecule has 0 radical (unpaired) electrons. The summed E-state index contributed by atoms with van der Waals surface area (Å²) in [6, 6.07) is 11.0. The van der Waals surface area contributed by atoms with Gasteiger partial charge in [-0.1, -0.05) is 35.9 Å². The van der Waals surface area contributed by atoms with Gasteiger partial charge in [-0.3, -0.25) is 9.69 Å². The van der Waals surface area contributed by atoms with Crippen LogP contribution in [0.15, 0.2) is 36.4 Å². The number of piperazine rings is 1. The molecule has 0 bridgehead atoms. The van der Waals surface area contributed by atoms with E-state index in [0.29, 0.717) is 68.7 Å². The van der Waals surface area contributed by atoms with Crippen LogP contribution in [-0.2, 0) is 17.8 Å². The summed E-state index contributed by atoms with van der Waals surface area (Å²) in [4.78, 5) is 51.1. The molecule has 0 saturated carbocycles. The summed E-state index contributed by atoms with van der Waals surface area (Å²) < 4.78 is 0. The molecule has 12 heteroatoms. The Morgan fingerprint density at radius 2 is 1.61 bits per heavy atom. The second kappa shape index (κ2) is 14.1. The highest BCUT2D eigenvalue weighted by molar-refractivity contribution is 6.33. The van der Waals surface area contributed by atoms with Gasteiger partial charge < -0.3 is 36.0 Å². The summed E-state index contributed by atoms with van der Waals surface area (Å²) in [5.41, 5.74) is 10.3. The number of anilines is 2. The number of halogens is 1. The van der Waals surface area contributed by atoms with E-state index in [9.17, 15) is 14.4 Å². The van der Waals surface area contributed by atoms with Crippen LogP contribution in [0, 0.1) is 6.92 Å². The van der Waals surface area contributed by atoms with Crippen LogP contribution in [0.4, 0.5) is 21.0 Å². The highest BCUT2D eigenvalue weighted by Gasteiger charge is 2.36. The molecule has 3 saturated heterocycles. The van der Waals surface area contributed by atoms with Crippen molar-refractivity contribution >= 4 is 40.9 Å². The fourth-order valence-electron chi connectivity index (χ4n) is 7.38. The predicted octanol–water partition coefficient (Wildman–Crippen LogP) is 3.60. The van der Waals surface area contributed by atoms with E-state index in [1.165, 1.54) is 0 Å². The summed E-state index contributed by atoms with van der Waals surface area (Å²) in [5, 5.41) is 6.54. The van der Waals surface area contributed by atoms with Crippen LogP contribution in [-0.4, -0.2) is 120 Å². The Morgan fingerprint density at radius 1 is 0.957 bits per heavy atom. The molecular weight excluding hydrogens is 604 g/mol. The maximum absolute atomic E-state index is 14.0. The van der Waals surface area contributed by atoms with Gasteiger partial charge in [0.05, 0.1) is 10.7 Å². The van der Waals surface area contributed by atoms with Crippen molar-refractivity contribution in [2.24, 2.45) is 0 Å². The number of carbonyl (C=O) groups is 3. The normalized spacial score (nSPS) is 21.1. The minimum Gasteiger partial charge on any atom is -0.397 e. The van der Waals surface area contributed by atoms with E-state index in [1.807, 2.05) is 47.1 Å². The van der Waals surface area contributed by atoms with Crippen LogP contribution in [0.3, 0.4) is 0 Å². The number of nitrogens with one attached hydrogen (secondary N) is 2. The topological polar surface area (TPSA) is 117 Å². The second-order valence-corrected chi connectivity index (χ2v) is 13.8. The molecule has 0 spiro atoms. The fourth-order valence-corrected chi connectivity index (χ4v) is 7.67. The summed E-state index contributed by atoms with van der Waals surface area (Å²) in [6.07, 6.45) is 3.55. The zero-order valence-corrected chi connectivity index (χ0v) is 27.8. The first kappa shape index (κ1) is 32.4. The second-order valence-electron chi connectivity index (χ2n) is 13.3. The molecule has 4 N–H and O–H groups in total. The van der Waals surface area contributed by atoms with E-state index < -0.39 is 6.04 Å². The number of aryl methyl sites for hydroxylation is 1. The number of likely N-dealkylation sites (N-methyl/N-ethyl adjacent to an activating group) is 1. The highest BCUT2D eigenvalue weighted by atomic mass is 35.5. The van der Waals surface area contributed by atoms with Gasteiger partial charge in [0.15, 0.2) is 0 Å². The summed E-state index contributed by atoms with van der Waals surface area (Å²) in [6.45, 7) is 9.11. The number of urea groups is 2. The number of fused-ring (bicyclic) bond motifs is 1. The lowest BCUT2D eigenvalue weighted by molar-refractivity contribution is -0.135. The number of likely N-dealkylation sites (tertiary alicyclic amines) is 2. The van der Waals surface area contributed by atoms with E-state index in [4.69, 9.17) is 17.3 Å². The molecule has 11 nitrogen and oxygen atoms in total. The zero-order valence-electron chi connectivity index (χ0n) is 27.0. The number of hydrogen-bond donors (Lipinski definition) is 3. The summed E-state index contributed by atoms with van der Waals surface area (Å²) in [5.74, 6) is -0.0608. The average molecular weight is 651 g/mol. The minimum atomic E-state index is -0.728. The van der Waals surface area contributed by atoms with Crippen molar-refractivity contribution in [3.63, 3.8) is 0 Å². The molecule has 5 amide bonds. The molecule has 46 heavy (non-hydrogen) atoms. The molecular formula is C34H47ClN8O3. The van der Waals surface area contributed by atoms with Crippen LogP contribution in [0.1, 0.15) is 42.4 Å². The minimum absolute atomic E-state index is 0.0383. The van der Waals surface area contributed by atoms with Gasteiger partial charge in [0.25, 0.3) is 0 Å². The monoisotopic (exact) mass is 650 g/mol. The van der Waals surface area contributed by atoms with Crippen molar-refractivity contribution in [3.05, 3.63) is 58.1 Å². The molecule has 4 aliphatic heterocycles. The van der Waals surface area contributed by atoms with E-state index in [-0.39, 0.29) is 24.0 Å². The molecule has 1 atom stereocenters. The van der Waals surface area contributed by atoms with Gasteiger partial charge in [-0.25, -0.2) is 9.59 Å². The van der Waals surface area contributed by atoms with Crippen LogP contribution in [0.25, 0.3) is 0 Å². The van der Waals surface area contributed by atoms with Crippen molar-refractivity contribution in [1.82, 2.24) is 29.8 Å². The SMILES string of the molecule is Cc1cc(C[C@@H](NC(=O)N2CCC(N3Cc4ccccc4NC3=O)CC2)C(=O)N2CCC(N3CCN(C)CC3)CC2)cc(Cl)c1N. The smallest absolute Gasteiger partial charge is 0.322 e. The third-order valence-electron chi connectivity index (χ3n) is 10.3. The number of rotatable bonds is 6. The number of piperidine rings is 2. The largest absolute Gasteiger partial charge is 0.397 e. The Labute approximate surface area is 277 Å². The Morgan fingerprint density at radius 3 is 2.30 bits per heavy atom. The number of nitrogen functional groups attached to an aromatic ring is 1. The number of benzene rings is 2. The number of amides is 5. The molecule has 2 aromatic carbocycles. The molecule has 0 aromatic heterocycles. The molecule has 4 heterocycles. The summed E-state index contributed by atoms with van der Waals surface area (Å²) >= 11 is 6.42. The number of nitrogens with zero attached hydrogens (tertiary/aromatic N) is 5. The quantitative estimate of drug-likeness (QED) is 0.412. The Bertz CT molecular complexity index is 1410. The van der Waals surface area contributed by atoms with E-state index in [1.54, 1.807) is 11.0 Å². The number of carbonyl (C=O) groups excluding carboxylic acids is 3. The lowest BCUT2D eigenvalue weighted by atomic mass is 9.98. The van der Waals surface area contributed by atoms with Crippen molar-refractivity contribution < 1.29 is 14.4 Å². The Hall–Kier alpha value is -3.54. The van der Waals surface area contributed by atoms with Gasteiger partial charge in [-0.2, -0.15) is 0 Å². The summed E-state index contributed by atoms with van der Waals surface area (Å²) in [7, 11) is 2.16. The van der Waals surface area contributed by atoms with Crippen molar-refractivity contribution in [1.29, 1.82) is 0 Å². The standard InChI is InChI=1S/C34H47ClN8O3/c1-23-19-24(20-28(35)31(23)36)21-30(32(44)41-11-7-26(8-12-41)40-17-15-39(2)16-18-40)38-33(45)42-13-9-27(10-14-42)43-22-25-5-3-4-6-29(25)37-34(43)46/h3-6,19-20,26-27,30H,7-18,21-22,36H2,1-2H3,(H,37,46)(H,38,45)/t30-/m1/s1. The maximum Gasteiger partial charge on any atom is 0.322 e. The van der Waals surface area contributed by atoms with Crippen LogP contribution < -0.4 is 16.4 Å². The van der Waals surface area contributed by atoms with E-state index >= 15 is 0 Å². The van der Waals surface area contributed by atoms with Gasteiger partial charge in [-0.05, 0) is 68.5 Å². The molecule has 6 rings (SSSR count). The molecule has 2 aromatic rings. The van der Waals surface area contributed by atoms with Gasteiger partial charge >= 0.3 is 12.1 Å². The molecule has 0 unspecified atom stereocenters. The van der Waals surface area contributed by atoms with Crippen molar-refractivity contribution in [3.8, 4) is 0 Å². The van der Waals surface area contributed by atoms with Crippen molar-refractivity contribution in [2.75, 3.05) is 70.5 Å². The van der Waals surface area contributed by atoms with Crippen LogP contribution in [0.5, 0.6) is 0 Å². The number of hydrogen-bond acceptors (Lipinski definition) is 6. The Kier molecular flexibility index (Phi) is 9.91. The lowest BCUT2D eigenvalue weighted by Gasteiger charge is -2.43. The van der Waals surface area contributed by atoms with E-state index in [0.717, 1.165) is 61.4 Å². The van der Waals surface area contributed by atoms with Crippen LogP contribution in [0.2, 0.25) is 5.02 Å². The lowest BCUT2D eigenvalue weighted by Crippen LogP contribution is -2.58. The number of para-hydroxylation sites is 1. The first-order valence-corrected chi connectivity index (χ1v) is 17.0. The third kappa shape index (κ3) is 7.21. The van der Waals surface area contributed by atoms with Crippen LogP contribution >= 0.6 is 11.6 Å². The zero-order chi connectivity index (χ0) is 32.4. The predicted molar refractivity (Wildman–Crippen MR) is 181 cm³/mol. The average Bonchev–Trinajstić information content (AvgIpc) is 3.06. The molecule has 4 aliphatic rings. The first-order valence-electron chi connectivity index (χ1n) is 16.6. The fraction of sp³-hybridized carbons (Fsp3) is 0.559. The van der Waals surface area contributed by atoms with E-state index in [2.05, 4.69) is 27.5 Å². The maximum atomic E-state index is 14.0. The van der Waals surface area contributed by atoms with Gasteiger partial charge in [0, 0.05) is 83.1 Å². The van der Waals surface area contributed by atoms with Gasteiger partial charge in [0.2, 0.25) is 5.91 Å². The third-order valence-corrected chi connectivity index (χ3v) is 10.6. The molecule has 0 aliphatic carbocycles. The van der Waals surface area contributed by atoms with Crippen molar-refractivity contribution in [2.45, 2.75) is 63.7 Å². The molecule has 248 valence electrons. The van der Waals surface area contributed by atoms with Gasteiger partial charge in [-0.15, -0.1) is 0 Å².